The van der Waals surface area contributed by atoms with Gasteiger partial charge in [-0.3, -0.25) is 9.69 Å². The highest BCUT2D eigenvalue weighted by molar-refractivity contribution is 7.89. The lowest BCUT2D eigenvalue weighted by Gasteiger charge is -2.42. The number of aliphatic hydroxyl groups is 2. The molecule has 0 radical (unpaired) electrons. The van der Waals surface area contributed by atoms with E-state index in [1.54, 1.807) is 12.1 Å². The Kier molecular flexibility index (Phi) is 12.0. The molecule has 2 aliphatic heterocycles. The quantitative estimate of drug-likeness (QED) is 0.159. The van der Waals surface area contributed by atoms with E-state index >= 15 is 0 Å². The number of carbonyl (C=O) groups is 1. The number of ether oxygens (including phenoxy) is 2. The Balaban J connectivity index is 1.14. The maximum Gasteiger partial charge on any atom is 0.241 e. The highest BCUT2D eigenvalue weighted by Crippen LogP contribution is 2.42. The zero-order valence-electron chi connectivity index (χ0n) is 29.0. The van der Waals surface area contributed by atoms with Crippen molar-refractivity contribution in [2.24, 2.45) is 5.92 Å². The highest BCUT2D eigenvalue weighted by atomic mass is 32.2. The van der Waals surface area contributed by atoms with Gasteiger partial charge in [0.05, 0.1) is 29.8 Å². The van der Waals surface area contributed by atoms with Crippen molar-refractivity contribution in [2.75, 3.05) is 19.6 Å². The van der Waals surface area contributed by atoms with E-state index in [1.165, 1.54) is 12.1 Å². The van der Waals surface area contributed by atoms with Crippen LogP contribution in [0.4, 0.5) is 0 Å². The number of sulfonamides is 1. The fourth-order valence-electron chi connectivity index (χ4n) is 6.68. The first-order valence-corrected chi connectivity index (χ1v) is 19.0. The Morgan fingerprint density at radius 1 is 0.882 bits per heavy atom. The molecule has 4 N–H and O–H groups in total. The number of β-amino-alcohol motifs (C(OH)–C–C–N with tert-alkyl or cyclic N) is 1. The Bertz CT molecular complexity index is 1840. The molecule has 51 heavy (non-hydrogen) atoms. The molecule has 4 aromatic rings. The Hall–Kier alpha value is -3.94. The van der Waals surface area contributed by atoms with Crippen LogP contribution >= 0.6 is 0 Å². The highest BCUT2D eigenvalue weighted by Gasteiger charge is 2.40. The molecule has 2 heterocycles. The molecule has 0 aliphatic carbocycles. The first kappa shape index (κ1) is 36.8. The summed E-state index contributed by atoms with van der Waals surface area (Å²) in [6.07, 6.45) is -0.438. The largest absolute Gasteiger partial charge is 0.392 e. The maximum atomic E-state index is 13.5. The SMILES string of the molecule is Cc1ccc(S(=O)(=O)N[C@H](Cc2ccccc2)C(=O)NCc2ccc(C3O[C@H](CN4CC[C@@H](O)C4)[C@H](C)[C@H](c4ccc(CO)cc4)O3)cc2)cc1. The van der Waals surface area contributed by atoms with Gasteiger partial charge in [-0.15, -0.1) is 0 Å². The minimum atomic E-state index is -3.95. The van der Waals surface area contributed by atoms with Crippen LogP contribution in [0, 0.1) is 12.8 Å². The van der Waals surface area contributed by atoms with Crippen LogP contribution in [0.5, 0.6) is 0 Å². The van der Waals surface area contributed by atoms with Crippen molar-refractivity contribution < 1.29 is 32.9 Å². The molecular weight excluding hydrogens is 667 g/mol. The molecule has 0 saturated carbocycles. The molecule has 1 amide bonds. The summed E-state index contributed by atoms with van der Waals surface area (Å²) in [7, 11) is -3.95. The second-order valence-electron chi connectivity index (χ2n) is 13.7. The van der Waals surface area contributed by atoms with Crippen LogP contribution in [0.15, 0.2) is 108 Å². The third kappa shape index (κ3) is 9.49. The standard InChI is InChI=1S/C40H47N3O7S/c1-27-8-18-35(19-9-27)51(47,48)42-36(22-29-6-4-3-5-7-29)39(46)41-23-30-10-16-33(17-11-30)40-49-37(25-43-21-20-34(45)24-43)28(2)38(50-40)32-14-12-31(26-44)13-15-32/h3-19,28,34,36-38,40,42,44-45H,20-26H2,1-2H3,(H,41,46)/t28-,34+,36+,37+,38+,40?/m0/s1. The Labute approximate surface area is 300 Å². The van der Waals surface area contributed by atoms with Gasteiger partial charge in [0, 0.05) is 37.7 Å². The third-order valence-corrected chi connectivity index (χ3v) is 11.2. The zero-order chi connectivity index (χ0) is 36.0. The third-order valence-electron chi connectivity index (χ3n) is 9.76. The molecule has 0 bridgehead atoms. The molecule has 11 heteroatoms. The van der Waals surface area contributed by atoms with Crippen LogP contribution in [0.1, 0.15) is 59.1 Å². The Morgan fingerprint density at radius 2 is 1.55 bits per heavy atom. The summed E-state index contributed by atoms with van der Waals surface area (Å²) in [5.41, 5.74) is 5.25. The van der Waals surface area contributed by atoms with E-state index in [2.05, 4.69) is 21.9 Å². The second-order valence-corrected chi connectivity index (χ2v) is 15.4. The number of nitrogens with one attached hydrogen (secondary N) is 2. The van der Waals surface area contributed by atoms with Crippen molar-refractivity contribution in [3.63, 3.8) is 0 Å². The molecule has 6 atom stereocenters. The smallest absolute Gasteiger partial charge is 0.241 e. The van der Waals surface area contributed by atoms with Gasteiger partial charge in [-0.25, -0.2) is 8.42 Å². The molecule has 4 aromatic carbocycles. The van der Waals surface area contributed by atoms with Crippen LogP contribution in [-0.2, 0) is 43.9 Å². The van der Waals surface area contributed by atoms with Gasteiger partial charge in [-0.2, -0.15) is 4.72 Å². The van der Waals surface area contributed by atoms with Crippen LogP contribution in [0.25, 0.3) is 0 Å². The summed E-state index contributed by atoms with van der Waals surface area (Å²) in [4.78, 5) is 15.9. The normalized spacial score (nSPS) is 23.2. The summed E-state index contributed by atoms with van der Waals surface area (Å²) in [6.45, 7) is 6.27. The number of amides is 1. The minimum absolute atomic E-state index is 0.0284. The van der Waals surface area contributed by atoms with E-state index in [9.17, 15) is 23.4 Å². The molecular formula is C40H47N3O7S. The summed E-state index contributed by atoms with van der Waals surface area (Å²) < 4.78 is 42.3. The predicted molar refractivity (Wildman–Crippen MR) is 194 cm³/mol. The lowest BCUT2D eigenvalue weighted by molar-refractivity contribution is -0.276. The number of nitrogens with zero attached hydrogens (tertiary/aromatic N) is 1. The van der Waals surface area contributed by atoms with Gasteiger partial charge >= 0.3 is 0 Å². The number of hydrogen-bond donors (Lipinski definition) is 4. The van der Waals surface area contributed by atoms with Gasteiger partial charge in [-0.05, 0) is 54.2 Å². The van der Waals surface area contributed by atoms with Crippen LogP contribution < -0.4 is 10.0 Å². The molecule has 2 aliphatic rings. The van der Waals surface area contributed by atoms with Gasteiger partial charge in [0.25, 0.3) is 0 Å². The molecule has 2 fully saturated rings. The zero-order valence-corrected chi connectivity index (χ0v) is 29.8. The molecule has 10 nitrogen and oxygen atoms in total. The van der Waals surface area contributed by atoms with E-state index in [-0.39, 0.29) is 48.7 Å². The second kappa shape index (κ2) is 16.6. The van der Waals surface area contributed by atoms with Gasteiger partial charge in [-0.1, -0.05) is 103 Å². The average molecular weight is 714 g/mol. The first-order valence-electron chi connectivity index (χ1n) is 17.5. The van der Waals surface area contributed by atoms with Crippen LogP contribution in [-0.4, -0.2) is 67.3 Å². The molecule has 1 unspecified atom stereocenters. The van der Waals surface area contributed by atoms with Gasteiger partial charge in [0.2, 0.25) is 15.9 Å². The number of likely N-dealkylation sites (tertiary alicyclic amines) is 1. The van der Waals surface area contributed by atoms with Crippen LogP contribution in [0.3, 0.4) is 0 Å². The number of aliphatic hydroxyl groups excluding tert-OH is 2. The molecule has 6 rings (SSSR count). The van der Waals surface area contributed by atoms with Crippen molar-refractivity contribution in [1.29, 1.82) is 0 Å². The number of carbonyl (C=O) groups excluding carboxylic acids is 1. The van der Waals surface area contributed by atoms with Crippen molar-refractivity contribution >= 4 is 15.9 Å². The van der Waals surface area contributed by atoms with E-state index in [1.807, 2.05) is 85.8 Å². The average Bonchev–Trinajstić information content (AvgIpc) is 3.56. The first-order chi connectivity index (χ1) is 24.6. The van der Waals surface area contributed by atoms with Gasteiger partial charge in [0.15, 0.2) is 6.29 Å². The summed E-state index contributed by atoms with van der Waals surface area (Å²) in [6, 6.07) is 30.2. The number of benzene rings is 4. The lowest BCUT2D eigenvalue weighted by Crippen LogP contribution is -2.47. The lowest BCUT2D eigenvalue weighted by atomic mass is 9.90. The fourth-order valence-corrected chi connectivity index (χ4v) is 7.87. The Morgan fingerprint density at radius 3 is 2.20 bits per heavy atom. The monoisotopic (exact) mass is 713 g/mol. The maximum absolute atomic E-state index is 13.5. The van der Waals surface area contributed by atoms with E-state index in [0.717, 1.165) is 46.3 Å². The number of rotatable bonds is 13. The summed E-state index contributed by atoms with van der Waals surface area (Å²) in [5.74, 6) is -0.405. The van der Waals surface area contributed by atoms with Crippen molar-refractivity contribution in [3.05, 3.63) is 137 Å². The van der Waals surface area contributed by atoms with Crippen molar-refractivity contribution in [1.82, 2.24) is 14.9 Å². The fraction of sp³-hybridized carbons (Fsp3) is 0.375. The predicted octanol–water partition coefficient (Wildman–Crippen LogP) is 4.55. The number of aryl methyl sites for hydroxylation is 1. The topological polar surface area (TPSA) is 137 Å². The summed E-state index contributed by atoms with van der Waals surface area (Å²) in [5, 5.41) is 22.6. The van der Waals surface area contributed by atoms with E-state index < -0.39 is 28.3 Å². The van der Waals surface area contributed by atoms with E-state index in [4.69, 9.17) is 9.47 Å². The number of hydrogen-bond acceptors (Lipinski definition) is 8. The van der Waals surface area contributed by atoms with Crippen LogP contribution in [0.2, 0.25) is 0 Å². The van der Waals surface area contributed by atoms with Gasteiger partial charge in [0.1, 0.15) is 6.04 Å². The molecule has 270 valence electrons. The molecule has 0 aromatic heterocycles. The molecule has 0 spiro atoms. The van der Waals surface area contributed by atoms with Gasteiger partial charge < -0.3 is 25.0 Å². The minimum Gasteiger partial charge on any atom is -0.392 e. The molecule has 2 saturated heterocycles. The van der Waals surface area contributed by atoms with E-state index in [0.29, 0.717) is 13.1 Å². The summed E-state index contributed by atoms with van der Waals surface area (Å²) >= 11 is 0. The van der Waals surface area contributed by atoms with Crippen molar-refractivity contribution in [3.8, 4) is 0 Å². The van der Waals surface area contributed by atoms with Crippen molar-refractivity contribution in [2.45, 2.75) is 75.4 Å².